The third-order valence-electron chi connectivity index (χ3n) is 5.44. The first kappa shape index (κ1) is 26.4. The molecule has 2 amide bonds. The SMILES string of the molecule is C=C(NS(C)(=O)=O)c1ccc(OC2CCC(NC(=O)Nc3ccc(CC(F)(F)F)cc3)CC2)cc1. The highest BCUT2D eigenvalue weighted by atomic mass is 32.2. The second kappa shape index (κ2) is 11.0. The highest BCUT2D eigenvalue weighted by Crippen LogP contribution is 2.25. The van der Waals surface area contributed by atoms with Crippen LogP contribution in [0.1, 0.15) is 36.8 Å². The number of carbonyl (C=O) groups is 1. The number of nitrogens with one attached hydrogen (secondary N) is 3. The first-order valence-electron chi connectivity index (χ1n) is 11.0. The van der Waals surface area contributed by atoms with Crippen LogP contribution in [0.25, 0.3) is 5.70 Å². The molecule has 0 spiro atoms. The van der Waals surface area contributed by atoms with Gasteiger partial charge in [0.25, 0.3) is 0 Å². The summed E-state index contributed by atoms with van der Waals surface area (Å²) in [5.41, 5.74) is 1.47. The van der Waals surface area contributed by atoms with Crippen LogP contribution < -0.4 is 20.1 Å². The molecule has 0 saturated heterocycles. The summed E-state index contributed by atoms with van der Waals surface area (Å²) in [6.07, 6.45) is -1.33. The number of hydrogen-bond donors (Lipinski definition) is 3. The zero-order chi connectivity index (χ0) is 25.6. The summed E-state index contributed by atoms with van der Waals surface area (Å²) in [4.78, 5) is 12.3. The highest BCUT2D eigenvalue weighted by molar-refractivity contribution is 7.89. The zero-order valence-corrected chi connectivity index (χ0v) is 20.0. The second-order valence-electron chi connectivity index (χ2n) is 8.56. The molecule has 2 aromatic carbocycles. The molecule has 0 unspecified atom stereocenters. The van der Waals surface area contributed by atoms with Crippen LogP contribution in [0.2, 0.25) is 0 Å². The molecule has 2 aromatic rings. The molecule has 1 fully saturated rings. The number of anilines is 1. The molecule has 0 bridgehead atoms. The van der Waals surface area contributed by atoms with Crippen LogP contribution in [0.5, 0.6) is 5.75 Å². The maximum atomic E-state index is 12.4. The molecule has 3 N–H and O–H groups in total. The molecule has 0 heterocycles. The monoisotopic (exact) mass is 511 g/mol. The smallest absolute Gasteiger partial charge is 0.393 e. The van der Waals surface area contributed by atoms with Crippen molar-refractivity contribution in [2.24, 2.45) is 0 Å². The summed E-state index contributed by atoms with van der Waals surface area (Å²) in [6, 6.07) is 12.1. The number of urea groups is 1. The minimum absolute atomic E-state index is 0.0134. The molecule has 7 nitrogen and oxygen atoms in total. The van der Waals surface area contributed by atoms with Gasteiger partial charge in [0, 0.05) is 17.4 Å². The van der Waals surface area contributed by atoms with Gasteiger partial charge in [-0.2, -0.15) is 13.2 Å². The molecule has 0 radical (unpaired) electrons. The van der Waals surface area contributed by atoms with Gasteiger partial charge in [0.05, 0.1) is 18.8 Å². The minimum atomic E-state index is -4.27. The minimum Gasteiger partial charge on any atom is -0.490 e. The van der Waals surface area contributed by atoms with Crippen LogP contribution >= 0.6 is 0 Å². The van der Waals surface area contributed by atoms with Crippen LogP contribution in [-0.2, 0) is 16.4 Å². The van der Waals surface area contributed by atoms with Gasteiger partial charge in [-0.25, -0.2) is 13.2 Å². The zero-order valence-electron chi connectivity index (χ0n) is 19.2. The number of sulfonamides is 1. The van der Waals surface area contributed by atoms with E-state index >= 15 is 0 Å². The maximum absolute atomic E-state index is 12.4. The lowest BCUT2D eigenvalue weighted by Crippen LogP contribution is -2.41. The van der Waals surface area contributed by atoms with Gasteiger partial charge in [-0.05, 0) is 73.2 Å². The van der Waals surface area contributed by atoms with Gasteiger partial charge in [-0.15, -0.1) is 0 Å². The molecule has 3 rings (SSSR count). The van der Waals surface area contributed by atoms with E-state index in [1.165, 1.54) is 24.3 Å². The normalized spacial score (nSPS) is 18.4. The van der Waals surface area contributed by atoms with Gasteiger partial charge < -0.3 is 15.4 Å². The van der Waals surface area contributed by atoms with Gasteiger partial charge in [0.2, 0.25) is 10.0 Å². The Hall–Kier alpha value is -3.21. The Bertz CT molecular complexity index is 1130. The number of hydrogen-bond acceptors (Lipinski definition) is 4. The van der Waals surface area contributed by atoms with E-state index in [1.807, 2.05) is 0 Å². The fraction of sp³-hybridized carbons (Fsp3) is 0.375. The molecule has 35 heavy (non-hydrogen) atoms. The number of benzene rings is 2. The fourth-order valence-electron chi connectivity index (χ4n) is 3.82. The average Bonchev–Trinajstić information content (AvgIpc) is 2.75. The molecule has 0 aromatic heterocycles. The predicted octanol–water partition coefficient (Wildman–Crippen LogP) is 4.82. The van der Waals surface area contributed by atoms with Crippen molar-refractivity contribution in [1.29, 1.82) is 0 Å². The van der Waals surface area contributed by atoms with E-state index in [1.54, 1.807) is 24.3 Å². The Morgan fingerprint density at radius 2 is 1.63 bits per heavy atom. The van der Waals surface area contributed by atoms with E-state index in [-0.39, 0.29) is 23.4 Å². The number of ether oxygens (including phenoxy) is 1. The fourth-order valence-corrected chi connectivity index (χ4v) is 4.39. The second-order valence-corrected chi connectivity index (χ2v) is 10.3. The third kappa shape index (κ3) is 9.16. The maximum Gasteiger partial charge on any atom is 0.393 e. The average molecular weight is 512 g/mol. The summed E-state index contributed by atoms with van der Waals surface area (Å²) in [5.74, 6) is 0.657. The summed E-state index contributed by atoms with van der Waals surface area (Å²) in [5, 5.41) is 5.54. The molecule has 0 aliphatic heterocycles. The van der Waals surface area contributed by atoms with Crippen LogP contribution in [0, 0.1) is 0 Å². The van der Waals surface area contributed by atoms with E-state index in [2.05, 4.69) is 21.9 Å². The first-order valence-corrected chi connectivity index (χ1v) is 12.9. The number of carbonyl (C=O) groups excluding carboxylic acids is 1. The van der Waals surface area contributed by atoms with Crippen LogP contribution in [0.4, 0.5) is 23.7 Å². The van der Waals surface area contributed by atoms with Gasteiger partial charge in [0.1, 0.15) is 5.75 Å². The molecule has 1 aliphatic carbocycles. The van der Waals surface area contributed by atoms with Gasteiger partial charge in [-0.3, -0.25) is 4.72 Å². The summed E-state index contributed by atoms with van der Waals surface area (Å²) in [6.45, 7) is 3.72. The highest BCUT2D eigenvalue weighted by Gasteiger charge is 2.27. The van der Waals surface area contributed by atoms with Crippen molar-refractivity contribution in [1.82, 2.24) is 10.0 Å². The Balaban J connectivity index is 1.41. The van der Waals surface area contributed by atoms with Crippen molar-refractivity contribution in [3.63, 3.8) is 0 Å². The topological polar surface area (TPSA) is 96.5 Å². The van der Waals surface area contributed by atoms with Crippen LogP contribution in [0.15, 0.2) is 55.1 Å². The van der Waals surface area contributed by atoms with Gasteiger partial charge in [0.15, 0.2) is 0 Å². The lowest BCUT2D eigenvalue weighted by atomic mass is 9.93. The van der Waals surface area contributed by atoms with Crippen molar-refractivity contribution >= 4 is 27.4 Å². The van der Waals surface area contributed by atoms with E-state index in [4.69, 9.17) is 4.74 Å². The number of amides is 2. The molecular weight excluding hydrogens is 483 g/mol. The van der Waals surface area contributed by atoms with E-state index in [0.29, 0.717) is 17.0 Å². The summed E-state index contributed by atoms with van der Waals surface area (Å²) in [7, 11) is -3.40. The van der Waals surface area contributed by atoms with Crippen LogP contribution in [-0.4, -0.2) is 39.0 Å². The van der Waals surface area contributed by atoms with Crippen molar-refractivity contribution in [2.75, 3.05) is 11.6 Å². The quantitative estimate of drug-likeness (QED) is 0.473. The molecule has 11 heteroatoms. The lowest BCUT2D eigenvalue weighted by Gasteiger charge is -2.29. The van der Waals surface area contributed by atoms with Gasteiger partial charge in [-0.1, -0.05) is 18.7 Å². The van der Waals surface area contributed by atoms with Gasteiger partial charge >= 0.3 is 12.2 Å². The summed E-state index contributed by atoms with van der Waals surface area (Å²) >= 11 is 0. The van der Waals surface area contributed by atoms with Crippen molar-refractivity contribution in [2.45, 2.75) is 50.4 Å². The Labute approximate surface area is 202 Å². The number of rotatable bonds is 8. The Morgan fingerprint density at radius 3 is 2.17 bits per heavy atom. The first-order chi connectivity index (χ1) is 16.4. The molecule has 190 valence electrons. The van der Waals surface area contributed by atoms with E-state index in [0.717, 1.165) is 31.9 Å². The largest absolute Gasteiger partial charge is 0.490 e. The molecule has 1 saturated carbocycles. The Kier molecular flexibility index (Phi) is 8.31. The van der Waals surface area contributed by atoms with Crippen LogP contribution in [0.3, 0.4) is 0 Å². The number of alkyl halides is 3. The molecule has 1 aliphatic rings. The Morgan fingerprint density at radius 1 is 1.03 bits per heavy atom. The van der Waals surface area contributed by atoms with Crippen molar-refractivity contribution in [3.05, 3.63) is 66.2 Å². The lowest BCUT2D eigenvalue weighted by molar-refractivity contribution is -0.127. The summed E-state index contributed by atoms with van der Waals surface area (Å²) < 4.78 is 68.3. The standard InChI is InChI=1S/C24H28F3N3O4S/c1-16(30-35(2,32)33)18-5-11-21(12-6-18)34-22-13-9-20(10-14-22)29-23(31)28-19-7-3-17(4-8-19)15-24(25,26)27/h3-8,11-12,20,22,30H,1,9-10,13-15H2,2H3,(H2,28,29,31). The van der Waals surface area contributed by atoms with E-state index < -0.39 is 28.7 Å². The number of halogens is 3. The van der Waals surface area contributed by atoms with Crippen molar-refractivity contribution < 1.29 is 31.1 Å². The van der Waals surface area contributed by atoms with E-state index in [9.17, 15) is 26.4 Å². The van der Waals surface area contributed by atoms with Crippen molar-refractivity contribution in [3.8, 4) is 5.75 Å². The molecule has 0 atom stereocenters. The third-order valence-corrected chi connectivity index (χ3v) is 6.06. The molecular formula is C24H28F3N3O4S. The predicted molar refractivity (Wildman–Crippen MR) is 128 cm³/mol.